The highest BCUT2D eigenvalue weighted by Gasteiger charge is 2.26. The third-order valence-electron chi connectivity index (χ3n) is 5.17. The Kier molecular flexibility index (Phi) is 5.73. The van der Waals surface area contributed by atoms with Crippen LogP contribution < -0.4 is 21.1 Å². The molecule has 0 aliphatic carbocycles. The van der Waals surface area contributed by atoms with E-state index in [1.165, 1.54) is 0 Å². The van der Waals surface area contributed by atoms with Gasteiger partial charge < -0.3 is 10.2 Å². The second kappa shape index (κ2) is 8.76. The summed E-state index contributed by atoms with van der Waals surface area (Å²) in [6.45, 7) is 3.51. The molecule has 3 heterocycles. The molecule has 0 radical (unpaired) electrons. The molecule has 2 aromatic heterocycles. The summed E-state index contributed by atoms with van der Waals surface area (Å²) in [6.07, 6.45) is 2.94. The van der Waals surface area contributed by atoms with Crippen molar-refractivity contribution in [1.29, 1.82) is 0 Å². The molecule has 1 fully saturated rings. The molecule has 10 nitrogen and oxygen atoms in total. The summed E-state index contributed by atoms with van der Waals surface area (Å²) in [5, 5.41) is 15.3. The van der Waals surface area contributed by atoms with Crippen molar-refractivity contribution >= 4 is 29.0 Å². The first-order valence-electron chi connectivity index (χ1n) is 9.90. The Morgan fingerprint density at radius 2 is 1.83 bits per heavy atom. The molecule has 0 saturated carbocycles. The number of aromatic nitrogens is 4. The fourth-order valence-electron chi connectivity index (χ4n) is 3.39. The van der Waals surface area contributed by atoms with Crippen LogP contribution in [0, 0.1) is 12.8 Å². The summed E-state index contributed by atoms with van der Waals surface area (Å²) in [6, 6.07) is 11.5. The summed E-state index contributed by atoms with van der Waals surface area (Å²) < 4.78 is 1.63. The van der Waals surface area contributed by atoms with E-state index in [4.69, 9.17) is 0 Å². The zero-order valence-corrected chi connectivity index (χ0v) is 16.7. The number of amides is 2. The van der Waals surface area contributed by atoms with Gasteiger partial charge in [0, 0.05) is 24.7 Å². The van der Waals surface area contributed by atoms with Gasteiger partial charge in [-0.25, -0.2) is 0 Å². The van der Waals surface area contributed by atoms with Gasteiger partial charge in [-0.1, -0.05) is 17.7 Å². The molecule has 0 atom stereocenters. The van der Waals surface area contributed by atoms with Crippen LogP contribution in [0.5, 0.6) is 0 Å². The Hall–Kier alpha value is -3.69. The van der Waals surface area contributed by atoms with Gasteiger partial charge in [-0.05, 0) is 44.0 Å². The van der Waals surface area contributed by atoms with Gasteiger partial charge in [0.25, 0.3) is 5.91 Å². The highest BCUT2D eigenvalue weighted by atomic mass is 16.2. The number of benzene rings is 1. The lowest BCUT2D eigenvalue weighted by molar-refractivity contribution is -0.131. The third kappa shape index (κ3) is 4.65. The van der Waals surface area contributed by atoms with Crippen molar-refractivity contribution in [2.75, 3.05) is 29.9 Å². The standard InChI is InChI=1S/C20H24N8O2/c1-14-2-4-16(5-3-14)21-12-19(29)24-25-20(30)15-8-10-27(11-9-15)18-7-6-17-23-22-13-28(17)26-18/h2-7,13,15,21H,8-12H2,1H3,(H,24,29)(H,25,30). The van der Waals surface area contributed by atoms with Crippen molar-refractivity contribution in [2.24, 2.45) is 5.92 Å². The van der Waals surface area contributed by atoms with E-state index in [1.807, 2.05) is 43.3 Å². The molecule has 1 saturated heterocycles. The first-order chi connectivity index (χ1) is 14.6. The number of carbonyl (C=O) groups excluding carboxylic acids is 2. The average Bonchev–Trinajstić information content (AvgIpc) is 3.25. The van der Waals surface area contributed by atoms with E-state index >= 15 is 0 Å². The molecule has 3 N–H and O–H groups in total. The van der Waals surface area contributed by atoms with Gasteiger partial charge in [0.1, 0.15) is 12.1 Å². The first kappa shape index (κ1) is 19.6. The third-order valence-corrected chi connectivity index (χ3v) is 5.17. The molecule has 2 amide bonds. The number of anilines is 2. The molecule has 0 bridgehead atoms. The zero-order valence-electron chi connectivity index (χ0n) is 16.7. The number of hydrazine groups is 1. The molecule has 4 rings (SSSR count). The van der Waals surface area contributed by atoms with Gasteiger partial charge in [0.2, 0.25) is 5.91 Å². The number of aryl methyl sites for hydroxylation is 1. The lowest BCUT2D eigenvalue weighted by atomic mass is 9.96. The fourth-order valence-corrected chi connectivity index (χ4v) is 3.39. The Morgan fingerprint density at radius 3 is 2.60 bits per heavy atom. The highest BCUT2D eigenvalue weighted by Crippen LogP contribution is 2.21. The molecule has 0 spiro atoms. The molecule has 0 unspecified atom stereocenters. The SMILES string of the molecule is Cc1ccc(NCC(=O)NNC(=O)C2CCN(c3ccc4nncn4n3)CC2)cc1. The van der Waals surface area contributed by atoms with Gasteiger partial charge in [0.05, 0.1) is 6.54 Å². The van der Waals surface area contributed by atoms with Crippen molar-refractivity contribution in [3.05, 3.63) is 48.3 Å². The molecular weight excluding hydrogens is 384 g/mol. The van der Waals surface area contributed by atoms with Crippen LogP contribution in [0.4, 0.5) is 11.5 Å². The van der Waals surface area contributed by atoms with E-state index in [2.05, 4.69) is 36.4 Å². The Morgan fingerprint density at radius 1 is 1.07 bits per heavy atom. The van der Waals surface area contributed by atoms with Gasteiger partial charge in [-0.15, -0.1) is 15.3 Å². The van der Waals surface area contributed by atoms with Crippen molar-refractivity contribution < 1.29 is 9.59 Å². The quantitative estimate of drug-likeness (QED) is 0.537. The van der Waals surface area contributed by atoms with Crippen LogP contribution in [0.1, 0.15) is 18.4 Å². The molecule has 1 aliphatic rings. The number of nitrogens with one attached hydrogen (secondary N) is 3. The van der Waals surface area contributed by atoms with E-state index in [0.29, 0.717) is 31.6 Å². The van der Waals surface area contributed by atoms with Crippen LogP contribution in [0.15, 0.2) is 42.7 Å². The number of rotatable bonds is 5. The maximum absolute atomic E-state index is 12.4. The average molecular weight is 408 g/mol. The van der Waals surface area contributed by atoms with Crippen molar-refractivity contribution in [3.8, 4) is 0 Å². The van der Waals surface area contributed by atoms with Gasteiger partial charge >= 0.3 is 0 Å². The van der Waals surface area contributed by atoms with Crippen LogP contribution in [0.2, 0.25) is 0 Å². The molecule has 156 valence electrons. The van der Waals surface area contributed by atoms with E-state index < -0.39 is 0 Å². The Bertz CT molecular complexity index is 1020. The maximum Gasteiger partial charge on any atom is 0.257 e. The highest BCUT2D eigenvalue weighted by molar-refractivity contribution is 5.85. The lowest BCUT2D eigenvalue weighted by Gasteiger charge is -2.31. The van der Waals surface area contributed by atoms with Crippen LogP contribution in [0.3, 0.4) is 0 Å². The summed E-state index contributed by atoms with van der Waals surface area (Å²) in [5.41, 5.74) is 7.72. The number of nitrogens with zero attached hydrogens (tertiary/aromatic N) is 5. The molecule has 1 aromatic carbocycles. The minimum atomic E-state index is -0.298. The molecule has 3 aromatic rings. The van der Waals surface area contributed by atoms with Gasteiger partial charge in [-0.3, -0.25) is 20.4 Å². The number of fused-ring (bicyclic) bond motifs is 1. The summed E-state index contributed by atoms with van der Waals surface area (Å²) >= 11 is 0. The van der Waals surface area contributed by atoms with Crippen molar-refractivity contribution in [1.82, 2.24) is 30.7 Å². The minimum absolute atomic E-state index is 0.0824. The number of hydrogen-bond donors (Lipinski definition) is 3. The molecule has 30 heavy (non-hydrogen) atoms. The second-order valence-electron chi connectivity index (χ2n) is 7.34. The minimum Gasteiger partial charge on any atom is -0.376 e. The largest absolute Gasteiger partial charge is 0.376 e. The monoisotopic (exact) mass is 408 g/mol. The maximum atomic E-state index is 12.4. The predicted molar refractivity (Wildman–Crippen MR) is 112 cm³/mol. The van der Waals surface area contributed by atoms with Crippen molar-refractivity contribution in [2.45, 2.75) is 19.8 Å². The summed E-state index contributed by atoms with van der Waals surface area (Å²) in [7, 11) is 0. The topological polar surface area (TPSA) is 117 Å². The predicted octanol–water partition coefficient (Wildman–Crippen LogP) is 0.909. The Labute approximate surface area is 173 Å². The van der Waals surface area contributed by atoms with Crippen LogP contribution >= 0.6 is 0 Å². The molecular formula is C20H24N8O2. The number of carbonyl (C=O) groups is 2. The van der Waals surface area contributed by atoms with Crippen LogP contribution in [0.25, 0.3) is 5.65 Å². The van der Waals surface area contributed by atoms with E-state index in [1.54, 1.807) is 10.8 Å². The first-order valence-corrected chi connectivity index (χ1v) is 9.90. The van der Waals surface area contributed by atoms with Gasteiger partial charge in [-0.2, -0.15) is 4.52 Å². The normalized spacial score (nSPS) is 14.5. The number of piperidine rings is 1. The van der Waals surface area contributed by atoms with Crippen molar-refractivity contribution in [3.63, 3.8) is 0 Å². The molecule has 10 heteroatoms. The summed E-state index contributed by atoms with van der Waals surface area (Å²) in [5.74, 6) is 0.218. The molecule has 1 aliphatic heterocycles. The lowest BCUT2D eigenvalue weighted by Crippen LogP contribution is -2.48. The number of hydrogen-bond acceptors (Lipinski definition) is 7. The van der Waals surface area contributed by atoms with Crippen LogP contribution in [-0.2, 0) is 9.59 Å². The zero-order chi connectivity index (χ0) is 20.9. The second-order valence-corrected chi connectivity index (χ2v) is 7.34. The fraction of sp³-hybridized carbons (Fsp3) is 0.350. The van der Waals surface area contributed by atoms with Gasteiger partial charge in [0.15, 0.2) is 5.65 Å². The van der Waals surface area contributed by atoms with E-state index in [-0.39, 0.29) is 24.3 Å². The van der Waals surface area contributed by atoms with E-state index in [9.17, 15) is 9.59 Å². The van der Waals surface area contributed by atoms with Crippen LogP contribution in [-0.4, -0.2) is 51.3 Å². The smallest absolute Gasteiger partial charge is 0.257 e. The summed E-state index contributed by atoms with van der Waals surface area (Å²) in [4.78, 5) is 26.5. The Balaban J connectivity index is 1.20. The van der Waals surface area contributed by atoms with E-state index in [0.717, 1.165) is 17.1 Å².